The van der Waals surface area contributed by atoms with E-state index in [9.17, 15) is 8.78 Å². The molecule has 8 nitrogen and oxygen atoms in total. The van der Waals surface area contributed by atoms with Crippen LogP contribution in [0.3, 0.4) is 0 Å². The van der Waals surface area contributed by atoms with Crippen molar-refractivity contribution in [2.45, 2.75) is 39.2 Å². The van der Waals surface area contributed by atoms with Crippen molar-refractivity contribution in [3.63, 3.8) is 0 Å². The number of fused-ring (bicyclic) bond motifs is 2. The number of aromatic nitrogens is 5. The Morgan fingerprint density at radius 3 is 2.53 bits per heavy atom. The zero-order valence-electron chi connectivity index (χ0n) is 19.5. The molecule has 2 aliphatic rings. The maximum atomic E-state index is 13.6. The summed E-state index contributed by atoms with van der Waals surface area (Å²) < 4.78 is 39.6. The molecule has 0 N–H and O–H groups in total. The van der Waals surface area contributed by atoms with E-state index in [1.807, 2.05) is 19.9 Å². The first-order chi connectivity index (χ1) is 16.4. The molecule has 34 heavy (non-hydrogen) atoms. The third-order valence-corrected chi connectivity index (χ3v) is 6.87. The average molecular weight is 471 g/mol. The van der Waals surface area contributed by atoms with Crippen molar-refractivity contribution < 1.29 is 18.3 Å². The van der Waals surface area contributed by atoms with E-state index >= 15 is 0 Å². The number of benzene rings is 1. The molecule has 1 unspecified atom stereocenters. The number of halogens is 2. The molecule has 1 aliphatic heterocycles. The molecule has 1 saturated heterocycles. The van der Waals surface area contributed by atoms with Crippen molar-refractivity contribution in [3.8, 4) is 17.6 Å². The Kier molecular flexibility index (Phi) is 6.05. The number of rotatable bonds is 7. The molecule has 180 valence electrons. The lowest BCUT2D eigenvalue weighted by Gasteiger charge is -2.38. The molecule has 0 radical (unpaired) electrons. The molecule has 5 rings (SSSR count). The Balaban J connectivity index is 1.32. The second-order valence-corrected chi connectivity index (χ2v) is 9.35. The van der Waals surface area contributed by atoms with E-state index in [0.29, 0.717) is 29.5 Å². The summed E-state index contributed by atoms with van der Waals surface area (Å²) in [6, 6.07) is 5.68. The first kappa shape index (κ1) is 22.5. The largest absolute Gasteiger partial charge is 0.480 e. The zero-order valence-corrected chi connectivity index (χ0v) is 19.5. The molecule has 1 aromatic carbocycles. The molecule has 10 heteroatoms. The first-order valence-corrected chi connectivity index (χ1v) is 11.6. The van der Waals surface area contributed by atoms with Crippen LogP contribution in [0, 0.1) is 29.4 Å². The number of hydrogen-bond acceptors (Lipinski definition) is 7. The fourth-order valence-electron chi connectivity index (χ4n) is 5.19. The van der Waals surface area contributed by atoms with Gasteiger partial charge in [0.15, 0.2) is 17.5 Å². The molecular weight excluding hydrogens is 442 g/mol. The highest BCUT2D eigenvalue weighted by Crippen LogP contribution is 2.44. The molecule has 2 aromatic heterocycles. The normalized spacial score (nSPS) is 21.8. The van der Waals surface area contributed by atoms with Crippen molar-refractivity contribution in [1.29, 1.82) is 0 Å². The van der Waals surface area contributed by atoms with Gasteiger partial charge in [-0.1, -0.05) is 0 Å². The topological polar surface area (TPSA) is 78.2 Å². The van der Waals surface area contributed by atoms with Gasteiger partial charge in [0.1, 0.15) is 5.75 Å². The van der Waals surface area contributed by atoms with Gasteiger partial charge in [-0.25, -0.2) is 13.5 Å². The van der Waals surface area contributed by atoms with Crippen molar-refractivity contribution >= 4 is 5.69 Å². The van der Waals surface area contributed by atoms with Gasteiger partial charge in [-0.05, 0) is 56.6 Å². The van der Waals surface area contributed by atoms with Crippen LogP contribution in [-0.4, -0.2) is 45.2 Å². The number of anilines is 1. The summed E-state index contributed by atoms with van der Waals surface area (Å²) in [6.07, 6.45) is 4.89. The van der Waals surface area contributed by atoms with Crippen LogP contribution in [0.2, 0.25) is 0 Å². The maximum absolute atomic E-state index is 13.6. The third-order valence-electron chi connectivity index (χ3n) is 6.87. The Hall–Kier alpha value is -3.30. The number of piperidine rings is 1. The fourth-order valence-corrected chi connectivity index (χ4v) is 5.19. The second kappa shape index (κ2) is 9.15. The summed E-state index contributed by atoms with van der Waals surface area (Å²) in [5, 5.41) is 12.7. The highest BCUT2D eigenvalue weighted by molar-refractivity contribution is 5.47. The lowest BCUT2D eigenvalue weighted by molar-refractivity contribution is 0.265. The first-order valence-electron chi connectivity index (χ1n) is 11.6. The number of methoxy groups -OCH3 is 1. The minimum atomic E-state index is -0.960. The molecule has 2 fully saturated rings. The van der Waals surface area contributed by atoms with Crippen molar-refractivity contribution in [2.75, 3.05) is 25.1 Å². The summed E-state index contributed by atoms with van der Waals surface area (Å²) in [6.45, 7) is 5.85. The average Bonchev–Trinajstić information content (AvgIpc) is 3.32. The van der Waals surface area contributed by atoms with E-state index in [1.54, 1.807) is 18.0 Å². The van der Waals surface area contributed by atoms with E-state index in [0.717, 1.165) is 37.3 Å². The van der Waals surface area contributed by atoms with Gasteiger partial charge in [0.2, 0.25) is 5.88 Å². The predicted octanol–water partition coefficient (Wildman–Crippen LogP) is 4.43. The summed E-state index contributed by atoms with van der Waals surface area (Å²) >= 11 is 0. The smallest absolute Gasteiger partial charge is 0.320 e. The van der Waals surface area contributed by atoms with Gasteiger partial charge < -0.3 is 14.4 Å². The quantitative estimate of drug-likeness (QED) is 0.505. The van der Waals surface area contributed by atoms with E-state index < -0.39 is 11.6 Å². The van der Waals surface area contributed by atoms with Gasteiger partial charge >= 0.3 is 6.01 Å². The molecule has 1 aliphatic carbocycles. The van der Waals surface area contributed by atoms with Crippen molar-refractivity contribution in [1.82, 2.24) is 25.0 Å². The van der Waals surface area contributed by atoms with E-state index in [4.69, 9.17) is 14.6 Å². The minimum Gasteiger partial charge on any atom is -0.480 e. The summed E-state index contributed by atoms with van der Waals surface area (Å²) in [5.74, 6) is 1.08. The van der Waals surface area contributed by atoms with Gasteiger partial charge in [0.25, 0.3) is 0 Å². The molecule has 2 bridgehead atoms. The molecule has 3 aromatic rings. The third kappa shape index (κ3) is 4.41. The van der Waals surface area contributed by atoms with Crippen LogP contribution in [0.1, 0.15) is 38.6 Å². The lowest BCUT2D eigenvalue weighted by atomic mass is 9.82. The lowest BCUT2D eigenvalue weighted by Crippen LogP contribution is -2.42. The van der Waals surface area contributed by atoms with Crippen LogP contribution < -0.4 is 14.4 Å². The Bertz CT molecular complexity index is 1160. The van der Waals surface area contributed by atoms with Crippen molar-refractivity contribution in [2.24, 2.45) is 17.8 Å². The Morgan fingerprint density at radius 2 is 1.85 bits per heavy atom. The number of ether oxygens (including phenoxy) is 2. The monoisotopic (exact) mass is 470 g/mol. The highest BCUT2D eigenvalue weighted by atomic mass is 19.2. The summed E-state index contributed by atoms with van der Waals surface area (Å²) in [4.78, 5) is 7.00. The molecule has 0 amide bonds. The van der Waals surface area contributed by atoms with Gasteiger partial charge in [-0.2, -0.15) is 15.2 Å². The summed E-state index contributed by atoms with van der Waals surface area (Å²) in [5.41, 5.74) is 1.03. The summed E-state index contributed by atoms with van der Waals surface area (Å²) in [7, 11) is 1.59. The van der Waals surface area contributed by atoms with Gasteiger partial charge in [0.05, 0.1) is 25.0 Å². The number of nitrogens with zero attached hydrogens (tertiary/aromatic N) is 6. The molecular formula is C24H28F2N6O2. The maximum Gasteiger partial charge on any atom is 0.320 e. The highest BCUT2D eigenvalue weighted by Gasteiger charge is 2.42. The molecule has 0 spiro atoms. The Morgan fingerprint density at radius 1 is 1.09 bits per heavy atom. The van der Waals surface area contributed by atoms with Crippen LogP contribution in [0.25, 0.3) is 0 Å². The van der Waals surface area contributed by atoms with Crippen LogP contribution in [0.15, 0.2) is 30.5 Å². The zero-order chi connectivity index (χ0) is 23.8. The van der Waals surface area contributed by atoms with Crippen LogP contribution in [-0.2, 0) is 6.42 Å². The van der Waals surface area contributed by atoms with Crippen LogP contribution >= 0.6 is 0 Å². The van der Waals surface area contributed by atoms with Gasteiger partial charge in [0, 0.05) is 31.6 Å². The second-order valence-electron chi connectivity index (χ2n) is 9.35. The van der Waals surface area contributed by atoms with E-state index in [2.05, 4.69) is 20.1 Å². The minimum absolute atomic E-state index is 0.00860. The number of hydrogen-bond donors (Lipinski definition) is 0. The predicted molar refractivity (Wildman–Crippen MR) is 121 cm³/mol. The van der Waals surface area contributed by atoms with E-state index in [-0.39, 0.29) is 17.8 Å². The van der Waals surface area contributed by atoms with Crippen LogP contribution in [0.5, 0.6) is 17.6 Å². The van der Waals surface area contributed by atoms with Crippen LogP contribution in [0.4, 0.5) is 14.5 Å². The van der Waals surface area contributed by atoms with Gasteiger partial charge in [-0.3, -0.25) is 0 Å². The fraction of sp³-hybridized carbons (Fsp3) is 0.500. The Labute approximate surface area is 196 Å². The molecule has 3 heterocycles. The standard InChI is InChI=1S/C24H28F2N6O2/c1-14(2)32-24(34-18-6-7-20(25)21(26)9-18)28-22(30-32)10-19-15-4-5-16(19)13-31(12-15)17-8-23(33-3)29-27-11-17/h6-9,11,14-16,19H,4-5,10,12-13H2,1-3H3/t15-,16+,19?. The van der Waals surface area contributed by atoms with Crippen molar-refractivity contribution in [3.05, 3.63) is 47.9 Å². The molecule has 3 atom stereocenters. The molecule has 1 saturated carbocycles. The SMILES string of the molecule is COc1cc(N2C[C@H]3CC[C@@H](C2)C3Cc2nc(Oc3ccc(F)c(F)c3)n(C(C)C)n2)cnn1. The van der Waals surface area contributed by atoms with E-state index in [1.165, 1.54) is 18.9 Å². The van der Waals surface area contributed by atoms with Gasteiger partial charge in [-0.15, -0.1) is 5.10 Å².